The van der Waals surface area contributed by atoms with Crippen LogP contribution in [0.25, 0.3) is 10.9 Å². The smallest absolute Gasteiger partial charge is 0.122 e. The largest absolute Gasteiger partial charge is 0.493 e. The molecule has 0 aliphatic carbocycles. The monoisotopic (exact) mass is 310 g/mol. The number of hydrogen-bond donors (Lipinski definition) is 0. The maximum Gasteiger partial charge on any atom is 0.122 e. The van der Waals surface area contributed by atoms with Gasteiger partial charge in [0.15, 0.2) is 0 Å². The second-order valence-electron chi connectivity index (χ2n) is 6.12. The van der Waals surface area contributed by atoms with Gasteiger partial charge in [0.05, 0.1) is 18.3 Å². The molecule has 2 unspecified atom stereocenters. The molecule has 4 heteroatoms. The van der Waals surface area contributed by atoms with Crippen LogP contribution >= 0.6 is 9.24 Å². The van der Waals surface area contributed by atoms with Crippen molar-refractivity contribution < 1.29 is 4.74 Å². The van der Waals surface area contributed by atoms with Gasteiger partial charge in [-0.1, -0.05) is 12.1 Å². The molecular weight excluding hydrogens is 291 g/mol. The second kappa shape index (κ2) is 5.10. The third kappa shape index (κ3) is 2.21. The first kappa shape index (κ1) is 13.8. The second-order valence-corrected chi connectivity index (χ2v) is 6.79. The molecule has 0 saturated heterocycles. The summed E-state index contributed by atoms with van der Waals surface area (Å²) in [6, 6.07) is 10.9. The highest BCUT2D eigenvalue weighted by Crippen LogP contribution is 2.36. The van der Waals surface area contributed by atoms with E-state index in [2.05, 4.69) is 51.6 Å². The minimum Gasteiger partial charge on any atom is -0.493 e. The van der Waals surface area contributed by atoms with Crippen molar-refractivity contribution in [2.45, 2.75) is 19.3 Å². The van der Waals surface area contributed by atoms with Crippen molar-refractivity contribution in [2.24, 2.45) is 7.05 Å². The molecule has 0 N–H and O–H groups in total. The van der Waals surface area contributed by atoms with E-state index in [9.17, 15) is 0 Å². The van der Waals surface area contributed by atoms with Gasteiger partial charge in [-0.3, -0.25) is 4.68 Å². The fourth-order valence-electron chi connectivity index (χ4n) is 3.36. The van der Waals surface area contributed by atoms with Crippen LogP contribution in [0.1, 0.15) is 22.6 Å². The van der Waals surface area contributed by atoms with E-state index in [1.54, 1.807) is 0 Å². The number of ether oxygens (including phenoxy) is 1. The summed E-state index contributed by atoms with van der Waals surface area (Å²) >= 11 is 0. The molecule has 2 heterocycles. The van der Waals surface area contributed by atoms with E-state index in [-0.39, 0.29) is 0 Å². The summed E-state index contributed by atoms with van der Waals surface area (Å²) in [6.07, 6.45) is 2.95. The molecule has 0 saturated carbocycles. The number of nitrogens with zero attached hydrogens (tertiary/aromatic N) is 2. The average Bonchev–Trinajstić information content (AvgIpc) is 3.05. The Kier molecular flexibility index (Phi) is 3.19. The normalized spacial score (nSPS) is 16.8. The molecule has 22 heavy (non-hydrogen) atoms. The highest BCUT2D eigenvalue weighted by Gasteiger charge is 2.24. The number of fused-ring (bicyclic) bond motifs is 2. The molecule has 0 bridgehead atoms. The molecule has 3 aromatic rings. The maximum atomic E-state index is 5.84. The van der Waals surface area contributed by atoms with E-state index in [1.807, 2.05) is 17.9 Å². The first-order valence-electron chi connectivity index (χ1n) is 7.55. The Balaban J connectivity index is 1.71. The lowest BCUT2D eigenvalue weighted by Crippen LogP contribution is -2.06. The summed E-state index contributed by atoms with van der Waals surface area (Å²) in [5.41, 5.74) is 5.17. The van der Waals surface area contributed by atoms with Gasteiger partial charge in [-0.2, -0.15) is 5.10 Å². The van der Waals surface area contributed by atoms with Gasteiger partial charge in [0.1, 0.15) is 5.75 Å². The van der Waals surface area contributed by atoms with Gasteiger partial charge in [0, 0.05) is 23.9 Å². The zero-order chi connectivity index (χ0) is 15.3. The minimum atomic E-state index is 0.431. The lowest BCUT2D eigenvalue weighted by atomic mass is 9.92. The molecule has 0 radical (unpaired) electrons. The average molecular weight is 310 g/mol. The Morgan fingerprint density at radius 2 is 2.18 bits per heavy atom. The van der Waals surface area contributed by atoms with Crippen molar-refractivity contribution in [3.63, 3.8) is 0 Å². The van der Waals surface area contributed by atoms with E-state index in [1.165, 1.54) is 32.9 Å². The Hall–Kier alpha value is -1.86. The molecule has 112 valence electrons. The summed E-state index contributed by atoms with van der Waals surface area (Å²) in [4.78, 5) is 0. The van der Waals surface area contributed by atoms with Crippen molar-refractivity contribution in [2.75, 3.05) is 6.61 Å². The number of hydrogen-bond acceptors (Lipinski definition) is 2. The number of aryl methyl sites for hydroxylation is 2. The quantitative estimate of drug-likeness (QED) is 0.680. The van der Waals surface area contributed by atoms with Crippen LogP contribution < -0.4 is 10.0 Å². The van der Waals surface area contributed by atoms with Crippen molar-refractivity contribution in [3.8, 4) is 5.75 Å². The van der Waals surface area contributed by atoms with Crippen LogP contribution in [0.5, 0.6) is 5.75 Å². The lowest BCUT2D eigenvalue weighted by molar-refractivity contribution is 0.330. The van der Waals surface area contributed by atoms with Gasteiger partial charge in [-0.25, -0.2) is 0 Å². The maximum absolute atomic E-state index is 5.84. The van der Waals surface area contributed by atoms with Gasteiger partial charge in [0.25, 0.3) is 0 Å². The van der Waals surface area contributed by atoms with Crippen molar-refractivity contribution in [1.29, 1.82) is 0 Å². The van der Waals surface area contributed by atoms with Crippen LogP contribution in [0.2, 0.25) is 0 Å². The van der Waals surface area contributed by atoms with Gasteiger partial charge in [-0.05, 0) is 48.0 Å². The van der Waals surface area contributed by atoms with Gasteiger partial charge >= 0.3 is 0 Å². The Labute approximate surface area is 132 Å². The SMILES string of the molecule is Cc1cc(CC2COc3ccc(P)cc32)cc2c1cnn2C. The summed E-state index contributed by atoms with van der Waals surface area (Å²) in [5.74, 6) is 1.47. The topological polar surface area (TPSA) is 27.1 Å². The lowest BCUT2D eigenvalue weighted by Gasteiger charge is -2.11. The zero-order valence-corrected chi connectivity index (χ0v) is 14.0. The third-order valence-corrected chi connectivity index (χ3v) is 4.89. The van der Waals surface area contributed by atoms with E-state index in [4.69, 9.17) is 4.74 Å². The number of benzene rings is 2. The Morgan fingerprint density at radius 3 is 3.05 bits per heavy atom. The van der Waals surface area contributed by atoms with E-state index in [0.29, 0.717) is 5.92 Å². The van der Waals surface area contributed by atoms with Gasteiger partial charge in [-0.15, -0.1) is 9.24 Å². The molecule has 3 nitrogen and oxygen atoms in total. The molecule has 0 amide bonds. The van der Waals surface area contributed by atoms with Crippen LogP contribution in [0.3, 0.4) is 0 Å². The van der Waals surface area contributed by atoms with Crippen LogP contribution in [0.15, 0.2) is 36.5 Å². The highest BCUT2D eigenvalue weighted by molar-refractivity contribution is 7.27. The molecule has 2 aromatic carbocycles. The fraction of sp³-hybridized carbons (Fsp3) is 0.278. The van der Waals surface area contributed by atoms with Crippen LogP contribution in [-0.2, 0) is 13.5 Å². The van der Waals surface area contributed by atoms with Crippen LogP contribution in [-0.4, -0.2) is 16.4 Å². The molecule has 4 rings (SSSR count). The number of aromatic nitrogens is 2. The summed E-state index contributed by atoms with van der Waals surface area (Å²) in [5, 5.41) is 6.82. The van der Waals surface area contributed by atoms with Crippen LogP contribution in [0, 0.1) is 6.92 Å². The predicted octanol–water partition coefficient (Wildman–Crippen LogP) is 3.10. The standard InChI is InChI=1S/C18H19N2OP/c1-11-5-12(7-17-16(11)9-19-20(17)2)6-13-10-21-18-4-3-14(22)8-15(13)18/h3-5,7-9,13H,6,10,22H2,1-2H3. The number of rotatable bonds is 2. The fourth-order valence-corrected chi connectivity index (χ4v) is 3.64. The minimum absolute atomic E-state index is 0.431. The van der Waals surface area contributed by atoms with Crippen LogP contribution in [0.4, 0.5) is 0 Å². The molecule has 1 aromatic heterocycles. The summed E-state index contributed by atoms with van der Waals surface area (Å²) < 4.78 is 7.79. The molecule has 0 fully saturated rings. The molecular formula is C18H19N2OP. The first-order valence-corrected chi connectivity index (χ1v) is 8.13. The molecule has 1 aliphatic heterocycles. The van der Waals surface area contributed by atoms with E-state index < -0.39 is 0 Å². The van der Waals surface area contributed by atoms with Gasteiger partial charge in [0.2, 0.25) is 0 Å². The highest BCUT2D eigenvalue weighted by atomic mass is 31.0. The predicted molar refractivity (Wildman–Crippen MR) is 93.2 cm³/mol. The molecule has 1 aliphatic rings. The third-order valence-electron chi connectivity index (χ3n) is 4.53. The molecule has 0 spiro atoms. The Morgan fingerprint density at radius 1 is 1.32 bits per heavy atom. The molecule has 2 atom stereocenters. The van der Waals surface area contributed by atoms with Crippen molar-refractivity contribution in [3.05, 3.63) is 53.2 Å². The van der Waals surface area contributed by atoms with Crippen molar-refractivity contribution >= 4 is 25.4 Å². The first-order chi connectivity index (χ1) is 10.6. The van der Waals surface area contributed by atoms with Gasteiger partial charge < -0.3 is 4.74 Å². The van der Waals surface area contributed by atoms with Crippen molar-refractivity contribution in [1.82, 2.24) is 9.78 Å². The zero-order valence-electron chi connectivity index (χ0n) is 12.8. The summed E-state index contributed by atoms with van der Waals surface area (Å²) in [7, 11) is 4.77. The Bertz CT molecular complexity index is 869. The summed E-state index contributed by atoms with van der Waals surface area (Å²) in [6.45, 7) is 2.93. The van der Waals surface area contributed by atoms with E-state index in [0.717, 1.165) is 18.8 Å². The van der Waals surface area contributed by atoms with E-state index >= 15 is 0 Å².